The normalized spacial score (nSPS) is 44.3. The molecule has 0 saturated carbocycles. The molecule has 0 aromatic heterocycles. The van der Waals surface area contributed by atoms with Crippen LogP contribution in [-0.2, 0) is 4.74 Å². The van der Waals surface area contributed by atoms with Gasteiger partial charge in [0, 0.05) is 6.20 Å². The van der Waals surface area contributed by atoms with Gasteiger partial charge in [-0.05, 0) is 13.0 Å². The molecule has 2 aliphatic heterocycles. The molecule has 1 unspecified atom stereocenters. The molecule has 2 aliphatic rings. The minimum absolute atomic E-state index is 0.608. The summed E-state index contributed by atoms with van der Waals surface area (Å²) in [5, 5.41) is 32.3. The van der Waals surface area contributed by atoms with Crippen molar-refractivity contribution in [1.29, 1.82) is 0 Å². The van der Waals surface area contributed by atoms with E-state index in [0.29, 0.717) is 0 Å². The average Bonchev–Trinajstić information content (AvgIpc) is 2.60. The summed E-state index contributed by atoms with van der Waals surface area (Å²) in [6, 6.07) is -0.608. The second-order valence-electron chi connectivity index (χ2n) is 5.01. The first-order valence-corrected chi connectivity index (χ1v) is 5.98. The molecular formula is C12H17N3O5. The number of rotatable bonds is 2. The van der Waals surface area contributed by atoms with Gasteiger partial charge in [0.15, 0.2) is 11.8 Å². The van der Waals surface area contributed by atoms with Gasteiger partial charge in [-0.1, -0.05) is 5.92 Å². The van der Waals surface area contributed by atoms with E-state index in [0.717, 1.165) is 4.90 Å². The van der Waals surface area contributed by atoms with Crippen LogP contribution in [0.2, 0.25) is 0 Å². The quantitative estimate of drug-likeness (QED) is 0.361. The SMILES string of the molecule is C#C[C@]1(CO)O[C@@H](N2C=CC(N)NC2=O)[C@](C)(O)[C@@H]1O. The third-order valence-electron chi connectivity index (χ3n) is 3.53. The van der Waals surface area contributed by atoms with Gasteiger partial charge in [0.2, 0.25) is 0 Å². The monoisotopic (exact) mass is 283 g/mol. The lowest BCUT2D eigenvalue weighted by atomic mass is 9.88. The summed E-state index contributed by atoms with van der Waals surface area (Å²) in [6.45, 7) is 0.572. The van der Waals surface area contributed by atoms with Gasteiger partial charge in [0.25, 0.3) is 0 Å². The Morgan fingerprint density at radius 3 is 2.80 bits per heavy atom. The molecule has 0 aromatic carbocycles. The lowest BCUT2D eigenvalue weighted by Crippen LogP contribution is -2.59. The number of aliphatic hydroxyl groups excluding tert-OH is 2. The van der Waals surface area contributed by atoms with E-state index in [1.807, 2.05) is 0 Å². The van der Waals surface area contributed by atoms with Gasteiger partial charge in [0.05, 0.1) is 12.8 Å². The Kier molecular flexibility index (Phi) is 3.49. The summed E-state index contributed by atoms with van der Waals surface area (Å²) in [6.07, 6.45) is 4.61. The molecule has 2 heterocycles. The van der Waals surface area contributed by atoms with E-state index >= 15 is 0 Å². The van der Waals surface area contributed by atoms with Gasteiger partial charge in [-0.2, -0.15) is 0 Å². The fourth-order valence-electron chi connectivity index (χ4n) is 2.31. The van der Waals surface area contributed by atoms with E-state index in [1.165, 1.54) is 19.2 Å². The van der Waals surface area contributed by atoms with E-state index in [4.69, 9.17) is 16.9 Å². The van der Waals surface area contributed by atoms with Gasteiger partial charge in [-0.3, -0.25) is 4.90 Å². The fourth-order valence-corrected chi connectivity index (χ4v) is 2.31. The Balaban J connectivity index is 2.36. The number of carbonyl (C=O) groups is 1. The molecule has 1 saturated heterocycles. The number of amides is 2. The number of nitrogens with zero attached hydrogens (tertiary/aromatic N) is 1. The zero-order valence-electron chi connectivity index (χ0n) is 10.9. The van der Waals surface area contributed by atoms with Gasteiger partial charge in [-0.25, -0.2) is 4.79 Å². The van der Waals surface area contributed by atoms with Crippen molar-refractivity contribution < 1.29 is 24.9 Å². The maximum atomic E-state index is 11.9. The Bertz CT molecular complexity index is 486. The number of ether oxygens (including phenoxy) is 1. The van der Waals surface area contributed by atoms with Crippen LogP contribution in [-0.4, -0.2) is 62.6 Å². The maximum absolute atomic E-state index is 11.9. The van der Waals surface area contributed by atoms with Crippen LogP contribution in [0.15, 0.2) is 12.3 Å². The van der Waals surface area contributed by atoms with E-state index in [2.05, 4.69) is 11.2 Å². The second kappa shape index (κ2) is 4.73. The van der Waals surface area contributed by atoms with E-state index in [9.17, 15) is 20.1 Å². The number of terminal acetylenes is 1. The Morgan fingerprint density at radius 1 is 1.70 bits per heavy atom. The van der Waals surface area contributed by atoms with Crippen LogP contribution in [0.4, 0.5) is 4.79 Å². The van der Waals surface area contributed by atoms with Crippen LogP contribution in [0.1, 0.15) is 6.92 Å². The number of carbonyl (C=O) groups excluding carboxylic acids is 1. The molecule has 8 nitrogen and oxygen atoms in total. The average molecular weight is 283 g/mol. The van der Waals surface area contributed by atoms with Crippen LogP contribution < -0.4 is 11.1 Å². The van der Waals surface area contributed by atoms with Crippen molar-refractivity contribution >= 4 is 6.03 Å². The van der Waals surface area contributed by atoms with Gasteiger partial charge in [0.1, 0.15) is 11.7 Å². The highest BCUT2D eigenvalue weighted by Crippen LogP contribution is 2.40. The molecule has 8 heteroatoms. The second-order valence-corrected chi connectivity index (χ2v) is 5.01. The molecule has 0 spiro atoms. The third kappa shape index (κ3) is 1.96. The summed E-state index contributed by atoms with van der Waals surface area (Å²) in [5.41, 5.74) is 1.88. The first kappa shape index (κ1) is 14.8. The minimum Gasteiger partial charge on any atom is -0.392 e. The van der Waals surface area contributed by atoms with Crippen LogP contribution in [0, 0.1) is 12.3 Å². The standard InChI is InChI=1S/C12H17N3O5/c1-3-12(6-16)8(17)11(2,19)9(20-12)15-5-4-7(13)14-10(15)18/h1,4-5,7-9,16-17,19H,6,13H2,2H3,(H,14,18)/t7?,8-,9+,11+,12+/m0/s1. The van der Waals surface area contributed by atoms with Gasteiger partial charge < -0.3 is 31.1 Å². The van der Waals surface area contributed by atoms with Crippen molar-refractivity contribution in [2.24, 2.45) is 5.73 Å². The number of aliphatic hydroxyl groups is 3. The van der Waals surface area contributed by atoms with Crippen LogP contribution >= 0.6 is 0 Å². The third-order valence-corrected chi connectivity index (χ3v) is 3.53. The highest BCUT2D eigenvalue weighted by molar-refractivity contribution is 5.77. The van der Waals surface area contributed by atoms with E-state index in [-0.39, 0.29) is 0 Å². The Labute approximate surface area is 115 Å². The highest BCUT2D eigenvalue weighted by atomic mass is 16.6. The van der Waals surface area contributed by atoms with E-state index in [1.54, 1.807) is 0 Å². The lowest BCUT2D eigenvalue weighted by molar-refractivity contribution is -0.115. The van der Waals surface area contributed by atoms with Gasteiger partial charge >= 0.3 is 6.03 Å². The summed E-state index contributed by atoms with van der Waals surface area (Å²) < 4.78 is 5.41. The van der Waals surface area contributed by atoms with Crippen LogP contribution in [0.3, 0.4) is 0 Å². The molecule has 5 atom stereocenters. The number of nitrogens with two attached hydrogens (primary N) is 1. The maximum Gasteiger partial charge on any atom is 0.325 e. The minimum atomic E-state index is -1.86. The number of hydrogen-bond donors (Lipinski definition) is 5. The summed E-state index contributed by atoms with van der Waals surface area (Å²) >= 11 is 0. The number of hydrogen-bond acceptors (Lipinski definition) is 6. The Hall–Kier alpha value is -1.63. The van der Waals surface area contributed by atoms with Gasteiger partial charge in [-0.15, -0.1) is 6.42 Å². The predicted octanol–water partition coefficient (Wildman–Crippen LogP) is -2.36. The molecule has 2 amide bonds. The van der Waals surface area contributed by atoms with Crippen molar-refractivity contribution in [2.75, 3.05) is 6.61 Å². The topological polar surface area (TPSA) is 128 Å². The summed E-state index contributed by atoms with van der Waals surface area (Å²) in [7, 11) is 0. The van der Waals surface area contributed by atoms with E-state index < -0.39 is 42.3 Å². The first-order chi connectivity index (χ1) is 9.28. The van der Waals surface area contributed by atoms with Crippen molar-refractivity contribution in [2.45, 2.75) is 36.6 Å². The summed E-state index contributed by atoms with van der Waals surface area (Å²) in [4.78, 5) is 12.9. The molecule has 2 rings (SSSR count). The molecule has 1 fully saturated rings. The smallest absolute Gasteiger partial charge is 0.325 e. The molecular weight excluding hydrogens is 266 g/mol. The first-order valence-electron chi connectivity index (χ1n) is 5.98. The molecule has 0 aliphatic carbocycles. The number of urea groups is 1. The van der Waals surface area contributed by atoms with Crippen LogP contribution in [0.5, 0.6) is 0 Å². The fraction of sp³-hybridized carbons (Fsp3) is 0.583. The molecule has 6 N–H and O–H groups in total. The number of nitrogens with one attached hydrogen (secondary N) is 1. The largest absolute Gasteiger partial charge is 0.392 e. The summed E-state index contributed by atoms with van der Waals surface area (Å²) in [5.74, 6) is 2.14. The molecule has 0 aromatic rings. The van der Waals surface area contributed by atoms with Crippen molar-refractivity contribution in [1.82, 2.24) is 10.2 Å². The Morgan fingerprint density at radius 2 is 2.35 bits per heavy atom. The zero-order chi connectivity index (χ0) is 15.1. The molecule has 0 radical (unpaired) electrons. The van der Waals surface area contributed by atoms with Crippen molar-refractivity contribution in [3.8, 4) is 12.3 Å². The zero-order valence-corrected chi connectivity index (χ0v) is 10.9. The van der Waals surface area contributed by atoms with Crippen molar-refractivity contribution in [3.63, 3.8) is 0 Å². The van der Waals surface area contributed by atoms with Crippen LogP contribution in [0.25, 0.3) is 0 Å². The molecule has 110 valence electrons. The molecule has 20 heavy (non-hydrogen) atoms. The highest BCUT2D eigenvalue weighted by Gasteiger charge is 2.62. The predicted molar refractivity (Wildman–Crippen MR) is 67.6 cm³/mol. The molecule has 0 bridgehead atoms. The van der Waals surface area contributed by atoms with Crippen molar-refractivity contribution in [3.05, 3.63) is 12.3 Å². The lowest BCUT2D eigenvalue weighted by Gasteiger charge is -2.35.